The smallest absolute Gasteiger partial charge is 0.306 e. The highest BCUT2D eigenvalue weighted by molar-refractivity contribution is 7.12. The first kappa shape index (κ1) is 17.8. The van der Waals surface area contributed by atoms with Crippen LogP contribution >= 0.6 is 22.9 Å². The van der Waals surface area contributed by atoms with Gasteiger partial charge in [-0.05, 0) is 35.7 Å². The summed E-state index contributed by atoms with van der Waals surface area (Å²) in [4.78, 5) is 14.5. The van der Waals surface area contributed by atoms with Crippen LogP contribution in [0.15, 0.2) is 59.0 Å². The van der Waals surface area contributed by atoms with E-state index in [-0.39, 0.29) is 11.9 Å². The number of carbonyl (C=O) groups is 1. The number of hydrogen-bond acceptors (Lipinski definition) is 6. The van der Waals surface area contributed by atoms with E-state index in [9.17, 15) is 4.79 Å². The lowest BCUT2D eigenvalue weighted by atomic mass is 9.93. The number of nitrogens with zero attached hydrogens (tertiary/aromatic N) is 2. The van der Waals surface area contributed by atoms with Crippen molar-refractivity contribution in [1.29, 1.82) is 0 Å². The molecule has 3 aromatic rings. The number of anilines is 1. The van der Waals surface area contributed by atoms with Crippen LogP contribution in [0, 0.1) is 0 Å². The second-order valence-corrected chi connectivity index (χ2v) is 8.74. The van der Waals surface area contributed by atoms with Crippen LogP contribution < -0.4 is 14.8 Å². The minimum Gasteiger partial charge on any atom is -0.493 e. The summed E-state index contributed by atoms with van der Waals surface area (Å²) in [5.41, 5.74) is 1.74. The number of para-hydroxylation sites is 1. The summed E-state index contributed by atoms with van der Waals surface area (Å²) in [6.07, 6.45) is 0.662. The molecular formula is C22H16ClN3O3S. The molecule has 1 aromatic heterocycles. The molecule has 6 rings (SSSR count). The Balaban J connectivity index is 1.62. The van der Waals surface area contributed by atoms with Crippen molar-refractivity contribution in [3.63, 3.8) is 0 Å². The Kier molecular flexibility index (Phi) is 3.70. The number of hydrazone groups is 1. The van der Waals surface area contributed by atoms with Crippen LogP contribution in [-0.4, -0.2) is 23.7 Å². The molecule has 6 nitrogen and oxygen atoms in total. The average molecular weight is 438 g/mol. The maximum Gasteiger partial charge on any atom is 0.306 e. The van der Waals surface area contributed by atoms with Gasteiger partial charge in [0.15, 0.2) is 11.5 Å². The van der Waals surface area contributed by atoms with E-state index in [4.69, 9.17) is 26.2 Å². The lowest BCUT2D eigenvalue weighted by Crippen LogP contribution is -2.55. The third-order valence-corrected chi connectivity index (χ3v) is 6.93. The quantitative estimate of drug-likeness (QED) is 0.628. The maximum absolute atomic E-state index is 13.4. The molecule has 2 atom stereocenters. The van der Waals surface area contributed by atoms with Crippen LogP contribution in [0.25, 0.3) is 0 Å². The lowest BCUT2D eigenvalue weighted by molar-refractivity contribution is -0.161. The van der Waals surface area contributed by atoms with Crippen molar-refractivity contribution >= 4 is 40.2 Å². The van der Waals surface area contributed by atoms with E-state index >= 15 is 0 Å². The summed E-state index contributed by atoms with van der Waals surface area (Å²) in [6.45, 7) is 0. The molecule has 0 bridgehead atoms. The molecule has 2 aromatic carbocycles. The van der Waals surface area contributed by atoms with Crippen LogP contribution in [0.1, 0.15) is 28.5 Å². The second-order valence-electron chi connectivity index (χ2n) is 7.36. The summed E-state index contributed by atoms with van der Waals surface area (Å²) in [7, 11) is 1.60. The number of amides is 1. The maximum atomic E-state index is 13.4. The molecule has 1 N–H and O–H groups in total. The molecule has 0 radical (unpaired) electrons. The summed E-state index contributed by atoms with van der Waals surface area (Å²) in [6, 6.07) is 15.0. The number of methoxy groups -OCH3 is 1. The van der Waals surface area contributed by atoms with Gasteiger partial charge in [0.25, 0.3) is 5.91 Å². The van der Waals surface area contributed by atoms with E-state index < -0.39 is 5.72 Å². The number of ether oxygens (including phenoxy) is 2. The highest BCUT2D eigenvalue weighted by atomic mass is 35.5. The van der Waals surface area contributed by atoms with Crippen LogP contribution in [-0.2, 0) is 10.5 Å². The minimum atomic E-state index is -1.45. The van der Waals surface area contributed by atoms with Gasteiger partial charge in [-0.15, -0.1) is 11.3 Å². The van der Waals surface area contributed by atoms with Crippen molar-refractivity contribution in [1.82, 2.24) is 5.01 Å². The summed E-state index contributed by atoms with van der Waals surface area (Å²) < 4.78 is 12.1. The number of fused-ring (bicyclic) bond motifs is 6. The SMILES string of the molecule is COc1cccc2c1O[C@@]1(C(=O)Nc3ccc(Cl)cc31)N1N=C(c3cccs3)C[C@@H]21. The minimum absolute atomic E-state index is 0.170. The van der Waals surface area contributed by atoms with Gasteiger partial charge in [0.2, 0.25) is 0 Å². The summed E-state index contributed by atoms with van der Waals surface area (Å²) >= 11 is 7.94. The number of rotatable bonds is 2. The van der Waals surface area contributed by atoms with E-state index in [1.54, 1.807) is 41.7 Å². The Labute approximate surface area is 181 Å². The Hall–Kier alpha value is -3.03. The number of hydrogen-bond donors (Lipinski definition) is 1. The second kappa shape index (κ2) is 6.23. The third-order valence-electron chi connectivity index (χ3n) is 5.78. The Morgan fingerprint density at radius 3 is 3.00 bits per heavy atom. The molecule has 0 saturated heterocycles. The Bertz CT molecular complexity index is 1230. The largest absolute Gasteiger partial charge is 0.493 e. The predicted molar refractivity (Wildman–Crippen MR) is 115 cm³/mol. The van der Waals surface area contributed by atoms with E-state index in [0.717, 1.165) is 16.2 Å². The molecule has 8 heteroatoms. The first-order valence-electron chi connectivity index (χ1n) is 9.50. The van der Waals surface area contributed by atoms with E-state index in [1.165, 1.54) is 0 Å². The fourth-order valence-electron chi connectivity index (χ4n) is 4.46. The highest BCUT2D eigenvalue weighted by Gasteiger charge is 2.61. The van der Waals surface area contributed by atoms with Crippen LogP contribution in [0.2, 0.25) is 5.02 Å². The molecule has 150 valence electrons. The van der Waals surface area contributed by atoms with E-state index in [2.05, 4.69) is 5.32 Å². The molecular weight excluding hydrogens is 422 g/mol. The zero-order valence-corrected chi connectivity index (χ0v) is 17.5. The standard InChI is InChI=1S/C22H16ClN3O3S/c1-28-18-5-2-4-13-17-11-16(19-6-3-9-30-19)25-26(17)22(29-20(13)18)14-10-12(23)7-8-15(14)24-21(22)27/h2-10,17H,11H2,1H3,(H,24,27)/t17-,22-/m0/s1. The lowest BCUT2D eigenvalue weighted by Gasteiger charge is -2.44. The van der Waals surface area contributed by atoms with Gasteiger partial charge in [-0.1, -0.05) is 29.8 Å². The fourth-order valence-corrected chi connectivity index (χ4v) is 5.35. The van der Waals surface area contributed by atoms with Crippen LogP contribution in [0.4, 0.5) is 5.69 Å². The average Bonchev–Trinajstić information content (AvgIpc) is 3.48. The molecule has 4 heterocycles. The number of halogens is 1. The van der Waals surface area contributed by atoms with Crippen molar-refractivity contribution in [2.24, 2.45) is 5.10 Å². The van der Waals surface area contributed by atoms with Crippen LogP contribution in [0.5, 0.6) is 11.5 Å². The van der Waals surface area contributed by atoms with Gasteiger partial charge in [-0.3, -0.25) is 4.79 Å². The third kappa shape index (κ3) is 2.24. The summed E-state index contributed by atoms with van der Waals surface area (Å²) in [5, 5.41) is 12.2. The highest BCUT2D eigenvalue weighted by Crippen LogP contribution is 2.56. The molecule has 0 saturated carbocycles. The first-order chi connectivity index (χ1) is 14.6. The number of benzene rings is 2. The fraction of sp³-hybridized carbons (Fsp3) is 0.182. The first-order valence-corrected chi connectivity index (χ1v) is 10.8. The number of thiophene rings is 1. The molecule has 3 aliphatic rings. The monoisotopic (exact) mass is 437 g/mol. The Morgan fingerprint density at radius 1 is 1.30 bits per heavy atom. The molecule has 1 spiro atoms. The van der Waals surface area contributed by atoms with Crippen molar-refractivity contribution in [3.8, 4) is 11.5 Å². The number of carbonyl (C=O) groups excluding carboxylic acids is 1. The number of nitrogens with one attached hydrogen (secondary N) is 1. The molecule has 0 fully saturated rings. The van der Waals surface area contributed by atoms with Crippen molar-refractivity contribution in [3.05, 3.63) is 74.9 Å². The topological polar surface area (TPSA) is 63.2 Å². The van der Waals surface area contributed by atoms with Gasteiger partial charge in [0, 0.05) is 17.0 Å². The van der Waals surface area contributed by atoms with E-state index in [1.807, 2.05) is 35.7 Å². The Morgan fingerprint density at radius 2 is 2.20 bits per heavy atom. The summed E-state index contributed by atoms with van der Waals surface area (Å²) in [5.74, 6) is 0.851. The zero-order valence-electron chi connectivity index (χ0n) is 15.9. The van der Waals surface area contributed by atoms with Gasteiger partial charge in [0.05, 0.1) is 35.0 Å². The zero-order chi connectivity index (χ0) is 20.5. The van der Waals surface area contributed by atoms with Gasteiger partial charge in [-0.25, -0.2) is 5.01 Å². The van der Waals surface area contributed by atoms with Gasteiger partial charge < -0.3 is 14.8 Å². The van der Waals surface area contributed by atoms with Crippen molar-refractivity contribution in [2.45, 2.75) is 18.2 Å². The molecule has 30 heavy (non-hydrogen) atoms. The van der Waals surface area contributed by atoms with Gasteiger partial charge in [-0.2, -0.15) is 5.10 Å². The molecule has 1 amide bonds. The molecule has 0 aliphatic carbocycles. The molecule has 0 unspecified atom stereocenters. The van der Waals surface area contributed by atoms with Crippen molar-refractivity contribution < 1.29 is 14.3 Å². The van der Waals surface area contributed by atoms with Crippen LogP contribution in [0.3, 0.4) is 0 Å². The van der Waals surface area contributed by atoms with E-state index in [0.29, 0.717) is 34.2 Å². The molecule has 3 aliphatic heterocycles. The van der Waals surface area contributed by atoms with Crippen molar-refractivity contribution in [2.75, 3.05) is 12.4 Å². The normalized spacial score (nSPS) is 23.4. The van der Waals surface area contributed by atoms with Gasteiger partial charge >= 0.3 is 5.72 Å². The predicted octanol–water partition coefficient (Wildman–Crippen LogP) is 4.76. The van der Waals surface area contributed by atoms with Gasteiger partial charge in [0.1, 0.15) is 0 Å².